The van der Waals surface area contributed by atoms with E-state index < -0.39 is 23.3 Å². The maximum absolute atomic E-state index is 12.0. The molecule has 1 aromatic carbocycles. The van der Waals surface area contributed by atoms with Crippen molar-refractivity contribution >= 4 is 16.9 Å². The molecule has 8 nitrogen and oxygen atoms in total. The van der Waals surface area contributed by atoms with Gasteiger partial charge >= 0.3 is 11.7 Å². The lowest BCUT2D eigenvalue weighted by Gasteiger charge is -2.15. The second kappa shape index (κ2) is 5.89. The number of aromatic amines is 2. The number of carbonyl (C=O) groups is 1. The first-order valence-electron chi connectivity index (χ1n) is 7.04. The van der Waals surface area contributed by atoms with E-state index in [1.165, 1.54) is 0 Å². The molecule has 2 heterocycles. The Kier molecular flexibility index (Phi) is 3.75. The molecule has 8 heteroatoms. The van der Waals surface area contributed by atoms with Crippen molar-refractivity contribution in [3.8, 4) is 6.07 Å². The zero-order valence-corrected chi connectivity index (χ0v) is 12.3. The smallest absolute Gasteiger partial charge is 0.329 e. The molecule has 0 saturated heterocycles. The van der Waals surface area contributed by atoms with Gasteiger partial charge in [0, 0.05) is 29.7 Å². The predicted molar refractivity (Wildman–Crippen MR) is 84.7 cm³/mol. The molecule has 3 rings (SSSR count). The lowest BCUT2D eigenvalue weighted by Crippen LogP contribution is -2.37. The number of fused-ring (bicyclic) bond motifs is 1. The first kappa shape index (κ1) is 15.3. The van der Waals surface area contributed by atoms with Gasteiger partial charge in [0.05, 0.1) is 0 Å². The summed E-state index contributed by atoms with van der Waals surface area (Å²) in [4.78, 5) is 40.1. The van der Waals surface area contributed by atoms with Crippen molar-refractivity contribution in [2.45, 2.75) is 12.5 Å². The fraction of sp³-hybridized carbons (Fsp3) is 0.125. The van der Waals surface area contributed by atoms with Crippen LogP contribution in [-0.2, 0) is 11.2 Å². The zero-order valence-electron chi connectivity index (χ0n) is 12.3. The van der Waals surface area contributed by atoms with Gasteiger partial charge in [-0.2, -0.15) is 5.26 Å². The summed E-state index contributed by atoms with van der Waals surface area (Å²) in [5.41, 5.74) is -0.459. The lowest BCUT2D eigenvalue weighted by atomic mass is 10.0. The number of para-hydroxylation sites is 1. The number of carboxylic acids is 1. The number of H-pyrrole nitrogens is 2. The Bertz CT molecular complexity index is 1080. The quantitative estimate of drug-likeness (QED) is 0.652. The SMILES string of the molecule is N#Cc1cn([C@H](Cc2c[nH]c3ccccc23)C(=O)O)c(=O)[nH]c1=O. The molecule has 0 aliphatic carbocycles. The van der Waals surface area contributed by atoms with Crippen LogP contribution in [-0.4, -0.2) is 25.6 Å². The molecule has 0 radical (unpaired) electrons. The molecule has 0 aliphatic heterocycles. The largest absolute Gasteiger partial charge is 0.480 e. The van der Waals surface area contributed by atoms with Gasteiger partial charge in [-0.3, -0.25) is 14.3 Å². The van der Waals surface area contributed by atoms with Gasteiger partial charge in [-0.05, 0) is 11.6 Å². The fourth-order valence-corrected chi connectivity index (χ4v) is 2.61. The third-order valence-corrected chi connectivity index (χ3v) is 3.80. The summed E-state index contributed by atoms with van der Waals surface area (Å²) in [5, 5.41) is 19.3. The van der Waals surface area contributed by atoms with E-state index >= 15 is 0 Å². The average molecular weight is 324 g/mol. The first-order chi connectivity index (χ1) is 11.5. The topological polar surface area (TPSA) is 132 Å². The molecule has 0 saturated carbocycles. The van der Waals surface area contributed by atoms with Gasteiger partial charge in [0.15, 0.2) is 0 Å². The Balaban J connectivity index is 2.09. The molecule has 3 N–H and O–H groups in total. The number of nitrogens with zero attached hydrogens (tertiary/aromatic N) is 2. The van der Waals surface area contributed by atoms with E-state index in [0.29, 0.717) is 0 Å². The minimum Gasteiger partial charge on any atom is -0.480 e. The third-order valence-electron chi connectivity index (χ3n) is 3.80. The molecule has 0 unspecified atom stereocenters. The summed E-state index contributed by atoms with van der Waals surface area (Å²) in [6.45, 7) is 0. The summed E-state index contributed by atoms with van der Waals surface area (Å²) in [6, 6.07) is 7.77. The number of aromatic nitrogens is 3. The van der Waals surface area contributed by atoms with Crippen molar-refractivity contribution in [3.05, 3.63) is 68.6 Å². The van der Waals surface area contributed by atoms with Crippen LogP contribution < -0.4 is 11.2 Å². The van der Waals surface area contributed by atoms with Gasteiger partial charge in [-0.1, -0.05) is 18.2 Å². The Labute approximate surface area is 134 Å². The van der Waals surface area contributed by atoms with Crippen LogP contribution in [0.4, 0.5) is 0 Å². The minimum absolute atomic E-state index is 0.0240. The first-order valence-corrected chi connectivity index (χ1v) is 7.04. The number of nitriles is 1. The van der Waals surface area contributed by atoms with Crippen LogP contribution in [0.25, 0.3) is 10.9 Å². The van der Waals surface area contributed by atoms with Gasteiger partial charge in [0.25, 0.3) is 5.56 Å². The normalized spacial score (nSPS) is 12.0. The molecule has 0 aliphatic rings. The van der Waals surface area contributed by atoms with E-state index in [4.69, 9.17) is 5.26 Å². The van der Waals surface area contributed by atoms with Crippen molar-refractivity contribution in [3.63, 3.8) is 0 Å². The standard InChI is InChI=1S/C16H12N4O4/c17-6-10-8-20(16(24)19-14(10)21)13(15(22)23)5-9-7-18-12-4-2-1-3-11(9)12/h1-4,7-8,13,18H,5H2,(H,22,23)(H,19,21,24)/t13-/m1/s1. The van der Waals surface area contributed by atoms with Crippen LogP contribution in [0, 0.1) is 11.3 Å². The van der Waals surface area contributed by atoms with Crippen LogP contribution in [0.2, 0.25) is 0 Å². The number of nitrogens with one attached hydrogen (secondary N) is 2. The Morgan fingerprint density at radius 1 is 1.33 bits per heavy atom. The van der Waals surface area contributed by atoms with Crippen LogP contribution >= 0.6 is 0 Å². The number of hydrogen-bond donors (Lipinski definition) is 3. The summed E-state index contributed by atoms with van der Waals surface area (Å²) in [7, 11) is 0. The Morgan fingerprint density at radius 2 is 2.08 bits per heavy atom. The molecule has 120 valence electrons. The highest BCUT2D eigenvalue weighted by molar-refractivity contribution is 5.84. The number of carboxylic acid groups (broad SMARTS) is 1. The predicted octanol–water partition coefficient (Wildman–Crippen LogP) is 0.758. The maximum Gasteiger partial charge on any atom is 0.329 e. The average Bonchev–Trinajstić information content (AvgIpc) is 2.96. The number of aliphatic carboxylic acids is 1. The molecule has 24 heavy (non-hydrogen) atoms. The Morgan fingerprint density at radius 3 is 2.79 bits per heavy atom. The van der Waals surface area contributed by atoms with Crippen LogP contribution in [0.15, 0.2) is 46.2 Å². The summed E-state index contributed by atoms with van der Waals surface area (Å²) in [6.07, 6.45) is 2.69. The number of rotatable bonds is 4. The second-order valence-electron chi connectivity index (χ2n) is 5.24. The van der Waals surface area contributed by atoms with Gasteiger partial charge in [-0.25, -0.2) is 9.59 Å². The molecule has 0 amide bonds. The second-order valence-corrected chi connectivity index (χ2v) is 5.24. The van der Waals surface area contributed by atoms with Gasteiger partial charge in [0.2, 0.25) is 0 Å². The fourth-order valence-electron chi connectivity index (χ4n) is 2.61. The zero-order chi connectivity index (χ0) is 17.3. The monoisotopic (exact) mass is 324 g/mol. The van der Waals surface area contributed by atoms with Crippen LogP contribution in [0.5, 0.6) is 0 Å². The minimum atomic E-state index is -1.25. The van der Waals surface area contributed by atoms with Crippen molar-refractivity contribution in [2.75, 3.05) is 0 Å². The molecular weight excluding hydrogens is 312 g/mol. The Hall–Kier alpha value is -3.60. The molecule has 0 fully saturated rings. The van der Waals surface area contributed by atoms with E-state index in [1.807, 2.05) is 29.2 Å². The molecule has 3 aromatic rings. The van der Waals surface area contributed by atoms with Gasteiger partial charge in [-0.15, -0.1) is 0 Å². The third kappa shape index (κ3) is 2.59. The van der Waals surface area contributed by atoms with Crippen molar-refractivity contribution in [1.29, 1.82) is 5.26 Å². The summed E-state index contributed by atoms with van der Waals surface area (Å²) >= 11 is 0. The van der Waals surface area contributed by atoms with E-state index in [1.54, 1.807) is 12.3 Å². The number of benzene rings is 1. The van der Waals surface area contributed by atoms with E-state index in [9.17, 15) is 19.5 Å². The van der Waals surface area contributed by atoms with Crippen molar-refractivity contribution in [1.82, 2.24) is 14.5 Å². The van der Waals surface area contributed by atoms with Crippen LogP contribution in [0.1, 0.15) is 17.2 Å². The highest BCUT2D eigenvalue weighted by Gasteiger charge is 2.23. The molecule has 2 aromatic heterocycles. The van der Waals surface area contributed by atoms with Gasteiger partial charge < -0.3 is 10.1 Å². The van der Waals surface area contributed by atoms with Crippen LogP contribution in [0.3, 0.4) is 0 Å². The maximum atomic E-state index is 12.0. The summed E-state index contributed by atoms with van der Waals surface area (Å²) in [5.74, 6) is -1.24. The highest BCUT2D eigenvalue weighted by atomic mass is 16.4. The molecular formula is C16H12N4O4. The van der Waals surface area contributed by atoms with Crippen molar-refractivity contribution in [2.24, 2.45) is 0 Å². The molecule has 0 spiro atoms. The molecule has 1 atom stereocenters. The van der Waals surface area contributed by atoms with Crippen molar-refractivity contribution < 1.29 is 9.90 Å². The highest BCUT2D eigenvalue weighted by Crippen LogP contribution is 2.22. The van der Waals surface area contributed by atoms with E-state index in [-0.39, 0.29) is 12.0 Å². The molecule has 0 bridgehead atoms. The number of hydrogen-bond acceptors (Lipinski definition) is 4. The van der Waals surface area contributed by atoms with E-state index in [0.717, 1.165) is 27.2 Å². The lowest BCUT2D eigenvalue weighted by molar-refractivity contribution is -0.141. The van der Waals surface area contributed by atoms with Gasteiger partial charge in [0.1, 0.15) is 17.7 Å². The summed E-state index contributed by atoms with van der Waals surface area (Å²) < 4.78 is 0.865. The van der Waals surface area contributed by atoms with E-state index in [2.05, 4.69) is 4.98 Å².